The Labute approximate surface area is 146 Å². The number of hydrogen-bond acceptors (Lipinski definition) is 3. The van der Waals surface area contributed by atoms with Crippen LogP contribution in [0.5, 0.6) is 0 Å². The van der Waals surface area contributed by atoms with E-state index in [-0.39, 0.29) is 17.9 Å². The fourth-order valence-corrected chi connectivity index (χ4v) is 2.21. The zero-order valence-corrected chi connectivity index (χ0v) is 14.6. The summed E-state index contributed by atoms with van der Waals surface area (Å²) >= 11 is 6.06. The Morgan fingerprint density at radius 3 is 2.54 bits per heavy atom. The van der Waals surface area contributed by atoms with Crippen molar-refractivity contribution in [3.63, 3.8) is 0 Å². The first-order valence-electron chi connectivity index (χ1n) is 7.74. The molecule has 1 heterocycles. The molecule has 2 aromatic rings. The second-order valence-electron chi connectivity index (χ2n) is 5.61. The number of hydrogen-bond donors (Lipinski definition) is 2. The lowest BCUT2D eigenvalue weighted by Gasteiger charge is -2.12. The molecule has 2 amide bonds. The van der Waals surface area contributed by atoms with Gasteiger partial charge in [0, 0.05) is 29.1 Å². The number of anilines is 1. The monoisotopic (exact) mass is 345 g/mol. The fourth-order valence-electron chi connectivity index (χ4n) is 2.03. The van der Waals surface area contributed by atoms with Gasteiger partial charge in [-0.25, -0.2) is 0 Å². The van der Waals surface area contributed by atoms with Crippen LogP contribution in [0.4, 0.5) is 5.69 Å². The maximum atomic E-state index is 12.4. The van der Waals surface area contributed by atoms with Gasteiger partial charge in [0.05, 0.1) is 11.1 Å². The predicted molar refractivity (Wildman–Crippen MR) is 95.6 cm³/mol. The van der Waals surface area contributed by atoms with Crippen molar-refractivity contribution in [3.8, 4) is 0 Å². The van der Waals surface area contributed by atoms with E-state index in [0.29, 0.717) is 21.8 Å². The molecule has 1 unspecified atom stereocenters. The normalized spacial score (nSPS) is 11.7. The average molecular weight is 346 g/mol. The van der Waals surface area contributed by atoms with Crippen molar-refractivity contribution in [3.05, 3.63) is 58.4 Å². The molecule has 1 atom stereocenters. The summed E-state index contributed by atoms with van der Waals surface area (Å²) in [5, 5.41) is 6.22. The van der Waals surface area contributed by atoms with Crippen molar-refractivity contribution in [2.24, 2.45) is 0 Å². The molecule has 2 N–H and O–H groups in total. The minimum absolute atomic E-state index is 0.0593. The average Bonchev–Trinajstić information content (AvgIpc) is 2.58. The van der Waals surface area contributed by atoms with Crippen LogP contribution < -0.4 is 10.6 Å². The number of benzene rings is 1. The van der Waals surface area contributed by atoms with E-state index < -0.39 is 0 Å². The van der Waals surface area contributed by atoms with Crippen molar-refractivity contribution >= 4 is 29.1 Å². The summed E-state index contributed by atoms with van der Waals surface area (Å²) in [6.07, 6.45) is 3.70. The first kappa shape index (κ1) is 17.9. The molecule has 1 aromatic heterocycles. The van der Waals surface area contributed by atoms with Crippen LogP contribution in [0.1, 0.15) is 46.5 Å². The Kier molecular flexibility index (Phi) is 5.93. The van der Waals surface area contributed by atoms with Gasteiger partial charge in [-0.3, -0.25) is 14.6 Å². The molecule has 0 saturated carbocycles. The third-order valence-electron chi connectivity index (χ3n) is 3.77. The molecule has 0 bridgehead atoms. The van der Waals surface area contributed by atoms with Crippen LogP contribution in [0.3, 0.4) is 0 Å². The van der Waals surface area contributed by atoms with E-state index in [0.717, 1.165) is 12.0 Å². The smallest absolute Gasteiger partial charge is 0.257 e. The first-order valence-corrected chi connectivity index (χ1v) is 8.12. The molecule has 2 rings (SSSR count). The molecule has 0 aliphatic carbocycles. The minimum Gasteiger partial charge on any atom is -0.350 e. The molecule has 5 nitrogen and oxygen atoms in total. The van der Waals surface area contributed by atoms with Crippen LogP contribution in [0.2, 0.25) is 5.02 Å². The Bertz CT molecular complexity index is 762. The maximum absolute atomic E-state index is 12.4. The molecular formula is C18H20ClN3O2. The fraction of sp³-hybridized carbons (Fsp3) is 0.278. The van der Waals surface area contributed by atoms with Crippen LogP contribution >= 0.6 is 11.6 Å². The molecule has 0 saturated heterocycles. The van der Waals surface area contributed by atoms with E-state index in [1.807, 2.05) is 20.8 Å². The lowest BCUT2D eigenvalue weighted by molar-refractivity contribution is 0.0939. The zero-order chi connectivity index (χ0) is 17.7. The van der Waals surface area contributed by atoms with Gasteiger partial charge in [0.1, 0.15) is 0 Å². The quantitative estimate of drug-likeness (QED) is 0.865. The zero-order valence-electron chi connectivity index (χ0n) is 13.9. The minimum atomic E-state index is -0.342. The van der Waals surface area contributed by atoms with Crippen molar-refractivity contribution in [1.82, 2.24) is 10.3 Å². The Hall–Kier alpha value is -2.40. The van der Waals surface area contributed by atoms with Gasteiger partial charge < -0.3 is 10.6 Å². The van der Waals surface area contributed by atoms with Gasteiger partial charge in [0.25, 0.3) is 11.8 Å². The van der Waals surface area contributed by atoms with E-state index >= 15 is 0 Å². The number of amides is 2. The van der Waals surface area contributed by atoms with Crippen molar-refractivity contribution in [2.75, 3.05) is 5.32 Å². The Morgan fingerprint density at radius 1 is 1.21 bits per heavy atom. The third kappa shape index (κ3) is 4.32. The van der Waals surface area contributed by atoms with Gasteiger partial charge in [0.2, 0.25) is 0 Å². The molecule has 6 heteroatoms. The van der Waals surface area contributed by atoms with Gasteiger partial charge >= 0.3 is 0 Å². The lowest BCUT2D eigenvalue weighted by Crippen LogP contribution is -2.32. The predicted octanol–water partition coefficient (Wildman–Crippen LogP) is 3.82. The van der Waals surface area contributed by atoms with Gasteiger partial charge in [-0.05, 0) is 44.0 Å². The highest BCUT2D eigenvalue weighted by molar-refractivity contribution is 6.31. The number of rotatable bonds is 5. The summed E-state index contributed by atoms with van der Waals surface area (Å²) in [4.78, 5) is 28.5. The topological polar surface area (TPSA) is 71.1 Å². The first-order chi connectivity index (χ1) is 11.4. The Balaban J connectivity index is 2.17. The van der Waals surface area contributed by atoms with Crippen LogP contribution in [0, 0.1) is 6.92 Å². The van der Waals surface area contributed by atoms with Crippen LogP contribution in [0.15, 0.2) is 36.7 Å². The van der Waals surface area contributed by atoms with E-state index in [9.17, 15) is 9.59 Å². The highest BCUT2D eigenvalue weighted by atomic mass is 35.5. The molecule has 0 fully saturated rings. The molecule has 24 heavy (non-hydrogen) atoms. The lowest BCUT2D eigenvalue weighted by atomic mass is 10.1. The number of nitrogens with one attached hydrogen (secondary N) is 2. The molecule has 0 aliphatic heterocycles. The number of halogens is 1. The summed E-state index contributed by atoms with van der Waals surface area (Å²) in [5.41, 5.74) is 2.07. The standard InChI is InChI=1S/C18H20ClN3O2/c1-4-11(2)21-17(23)13-8-14(10-20-9-13)18(24)22-16-7-5-6-15(19)12(16)3/h5-11H,4H2,1-3H3,(H,21,23)(H,22,24). The Morgan fingerprint density at radius 2 is 1.88 bits per heavy atom. The number of nitrogens with zero attached hydrogens (tertiary/aromatic N) is 1. The summed E-state index contributed by atoms with van der Waals surface area (Å²) in [6.45, 7) is 5.73. The summed E-state index contributed by atoms with van der Waals surface area (Å²) in [5.74, 6) is -0.587. The molecule has 1 aromatic carbocycles. The second kappa shape index (κ2) is 7.93. The highest BCUT2D eigenvalue weighted by Crippen LogP contribution is 2.23. The van der Waals surface area contributed by atoms with Gasteiger partial charge in [-0.1, -0.05) is 24.6 Å². The molecule has 0 aliphatic rings. The maximum Gasteiger partial charge on any atom is 0.257 e. The number of carbonyl (C=O) groups excluding carboxylic acids is 2. The van der Waals surface area contributed by atoms with Crippen LogP contribution in [-0.2, 0) is 0 Å². The summed E-state index contributed by atoms with van der Waals surface area (Å²) in [7, 11) is 0. The number of carbonyl (C=O) groups is 2. The molecule has 0 spiro atoms. The summed E-state index contributed by atoms with van der Waals surface area (Å²) < 4.78 is 0. The molecule has 126 valence electrons. The van der Waals surface area contributed by atoms with E-state index in [1.165, 1.54) is 18.5 Å². The molecule has 0 radical (unpaired) electrons. The van der Waals surface area contributed by atoms with Crippen molar-refractivity contribution in [2.45, 2.75) is 33.2 Å². The largest absolute Gasteiger partial charge is 0.350 e. The highest BCUT2D eigenvalue weighted by Gasteiger charge is 2.14. The number of aromatic nitrogens is 1. The van der Waals surface area contributed by atoms with Crippen LogP contribution in [-0.4, -0.2) is 22.8 Å². The van der Waals surface area contributed by atoms with Gasteiger partial charge in [-0.2, -0.15) is 0 Å². The van der Waals surface area contributed by atoms with E-state index in [2.05, 4.69) is 15.6 Å². The van der Waals surface area contributed by atoms with Gasteiger partial charge in [0.15, 0.2) is 0 Å². The number of pyridine rings is 1. The second-order valence-corrected chi connectivity index (χ2v) is 6.02. The SMILES string of the molecule is CCC(C)NC(=O)c1cncc(C(=O)Nc2cccc(Cl)c2C)c1. The van der Waals surface area contributed by atoms with Crippen LogP contribution in [0.25, 0.3) is 0 Å². The summed E-state index contributed by atoms with van der Waals surface area (Å²) in [6, 6.07) is 6.88. The van der Waals surface area contributed by atoms with E-state index in [4.69, 9.17) is 11.6 Å². The molecular weight excluding hydrogens is 326 g/mol. The van der Waals surface area contributed by atoms with E-state index in [1.54, 1.807) is 18.2 Å². The van der Waals surface area contributed by atoms with Crippen molar-refractivity contribution in [1.29, 1.82) is 0 Å². The third-order valence-corrected chi connectivity index (χ3v) is 4.18. The van der Waals surface area contributed by atoms with Gasteiger partial charge in [-0.15, -0.1) is 0 Å². The van der Waals surface area contributed by atoms with Crippen molar-refractivity contribution < 1.29 is 9.59 Å².